The van der Waals surface area contributed by atoms with Crippen LogP contribution in [0.15, 0.2) is 24.3 Å². The largest absolute Gasteiger partial charge is 0.468 e. The normalized spacial score (nSPS) is 40.7. The molecule has 1 aliphatic carbocycles. The minimum absolute atomic E-state index is 0.00824. The second-order valence-electron chi connectivity index (χ2n) is 6.59. The summed E-state index contributed by atoms with van der Waals surface area (Å²) < 4.78 is 5.20. The van der Waals surface area contributed by atoms with Gasteiger partial charge in [-0.2, -0.15) is 5.06 Å². The number of benzene rings is 1. The Morgan fingerprint density at radius 1 is 1.38 bits per heavy atom. The molecule has 2 fully saturated rings. The standard InChI is InChI=1S/C17H21NO3/c1-10-11(2)17(16(19)20-3)14-13-7-5-4-6-12(13)8-9-18(14)21-15(10)17/h4-7,10-11,14-15H,8-9H2,1-3H3/t10-,11-,14-,15-,17+/m1/s1. The fourth-order valence-corrected chi connectivity index (χ4v) is 4.75. The van der Waals surface area contributed by atoms with Crippen LogP contribution in [-0.4, -0.2) is 30.8 Å². The van der Waals surface area contributed by atoms with Crippen LogP contribution in [0, 0.1) is 17.3 Å². The lowest BCUT2D eigenvalue weighted by molar-refractivity contribution is -0.216. The summed E-state index contributed by atoms with van der Waals surface area (Å²) in [5.74, 6) is 0.514. The van der Waals surface area contributed by atoms with Crippen LogP contribution in [0.2, 0.25) is 0 Å². The smallest absolute Gasteiger partial charge is 0.316 e. The first kappa shape index (κ1) is 13.3. The third kappa shape index (κ3) is 1.40. The summed E-state index contributed by atoms with van der Waals surface area (Å²) in [6.07, 6.45) is 0.912. The van der Waals surface area contributed by atoms with Crippen LogP contribution in [0.1, 0.15) is 31.0 Å². The average molecular weight is 287 g/mol. The fraction of sp³-hybridized carbons (Fsp3) is 0.588. The zero-order valence-electron chi connectivity index (χ0n) is 12.7. The Balaban J connectivity index is 1.88. The molecule has 0 amide bonds. The molecule has 4 heteroatoms. The lowest BCUT2D eigenvalue weighted by Crippen LogP contribution is -2.63. The molecule has 1 saturated carbocycles. The number of carbonyl (C=O) groups is 1. The van der Waals surface area contributed by atoms with E-state index in [2.05, 4.69) is 32.0 Å². The SMILES string of the molecule is COC(=O)[C@]12[C@H](C)[C@@H](C)[C@H]1ON1CCc3ccccc3[C@@H]12. The minimum Gasteiger partial charge on any atom is -0.468 e. The van der Waals surface area contributed by atoms with E-state index in [1.807, 2.05) is 11.1 Å². The Morgan fingerprint density at radius 3 is 2.90 bits per heavy atom. The molecule has 0 bridgehead atoms. The number of fused-ring (bicyclic) bond motifs is 5. The van der Waals surface area contributed by atoms with E-state index in [1.54, 1.807) is 0 Å². The molecule has 4 rings (SSSR count). The van der Waals surface area contributed by atoms with Crippen LogP contribution in [0.25, 0.3) is 0 Å². The van der Waals surface area contributed by atoms with Crippen molar-refractivity contribution in [3.05, 3.63) is 35.4 Å². The minimum atomic E-state index is -0.551. The van der Waals surface area contributed by atoms with Crippen molar-refractivity contribution in [1.82, 2.24) is 5.06 Å². The molecule has 0 spiro atoms. The molecular formula is C17H21NO3. The molecule has 1 saturated heterocycles. The number of hydroxylamine groups is 2. The molecule has 3 aliphatic rings. The molecule has 0 aromatic heterocycles. The van der Waals surface area contributed by atoms with Crippen molar-refractivity contribution in [3.63, 3.8) is 0 Å². The maximum absolute atomic E-state index is 12.7. The van der Waals surface area contributed by atoms with Crippen LogP contribution in [0.5, 0.6) is 0 Å². The van der Waals surface area contributed by atoms with Gasteiger partial charge in [-0.15, -0.1) is 0 Å². The summed E-state index contributed by atoms with van der Waals surface area (Å²) in [7, 11) is 1.49. The number of hydrogen-bond acceptors (Lipinski definition) is 4. The zero-order chi connectivity index (χ0) is 14.8. The predicted molar refractivity (Wildman–Crippen MR) is 77.2 cm³/mol. The first-order valence-electron chi connectivity index (χ1n) is 7.72. The highest BCUT2D eigenvalue weighted by molar-refractivity contribution is 5.81. The zero-order valence-corrected chi connectivity index (χ0v) is 12.7. The number of esters is 1. The third-order valence-electron chi connectivity index (χ3n) is 5.97. The molecule has 0 N–H and O–H groups in total. The monoisotopic (exact) mass is 287 g/mol. The van der Waals surface area contributed by atoms with Crippen molar-refractivity contribution in [3.8, 4) is 0 Å². The van der Waals surface area contributed by atoms with E-state index in [9.17, 15) is 4.79 Å². The van der Waals surface area contributed by atoms with Gasteiger partial charge in [0, 0.05) is 6.54 Å². The van der Waals surface area contributed by atoms with Crippen LogP contribution in [0.4, 0.5) is 0 Å². The molecule has 0 unspecified atom stereocenters. The Bertz CT molecular complexity index is 601. The maximum atomic E-state index is 12.7. The van der Waals surface area contributed by atoms with E-state index in [0.29, 0.717) is 5.92 Å². The maximum Gasteiger partial charge on any atom is 0.316 e. The number of carbonyl (C=O) groups excluding carboxylic acids is 1. The van der Waals surface area contributed by atoms with Gasteiger partial charge in [0.25, 0.3) is 0 Å². The van der Waals surface area contributed by atoms with Crippen molar-refractivity contribution in [1.29, 1.82) is 0 Å². The van der Waals surface area contributed by atoms with Gasteiger partial charge in [-0.05, 0) is 29.4 Å². The molecule has 21 heavy (non-hydrogen) atoms. The van der Waals surface area contributed by atoms with E-state index in [4.69, 9.17) is 9.57 Å². The Kier molecular flexibility index (Phi) is 2.72. The molecule has 2 aliphatic heterocycles. The number of rotatable bonds is 1. The predicted octanol–water partition coefficient (Wildman–Crippen LogP) is 2.34. The van der Waals surface area contributed by atoms with Gasteiger partial charge in [-0.1, -0.05) is 38.1 Å². The molecule has 112 valence electrons. The molecular weight excluding hydrogens is 266 g/mol. The molecule has 0 radical (unpaired) electrons. The molecule has 2 heterocycles. The highest BCUT2D eigenvalue weighted by atomic mass is 16.7. The Morgan fingerprint density at radius 2 is 2.14 bits per heavy atom. The summed E-state index contributed by atoms with van der Waals surface area (Å²) in [5, 5.41) is 2.03. The van der Waals surface area contributed by atoms with Crippen molar-refractivity contribution in [2.75, 3.05) is 13.7 Å². The van der Waals surface area contributed by atoms with Crippen molar-refractivity contribution >= 4 is 5.97 Å². The van der Waals surface area contributed by atoms with Crippen molar-refractivity contribution < 1.29 is 14.4 Å². The Labute approximate surface area is 125 Å². The third-order valence-corrected chi connectivity index (χ3v) is 5.97. The first-order valence-corrected chi connectivity index (χ1v) is 7.72. The van der Waals surface area contributed by atoms with E-state index < -0.39 is 5.41 Å². The van der Waals surface area contributed by atoms with Crippen LogP contribution < -0.4 is 0 Å². The molecule has 5 atom stereocenters. The van der Waals surface area contributed by atoms with E-state index >= 15 is 0 Å². The van der Waals surface area contributed by atoms with Crippen molar-refractivity contribution in [2.45, 2.75) is 32.4 Å². The van der Waals surface area contributed by atoms with Gasteiger partial charge < -0.3 is 4.74 Å². The molecule has 1 aromatic carbocycles. The van der Waals surface area contributed by atoms with Gasteiger partial charge in [0.15, 0.2) is 0 Å². The molecule has 4 nitrogen and oxygen atoms in total. The summed E-state index contributed by atoms with van der Waals surface area (Å²) in [6.45, 7) is 5.17. The van der Waals surface area contributed by atoms with Crippen LogP contribution in [-0.2, 0) is 20.8 Å². The quantitative estimate of drug-likeness (QED) is 0.743. The lowest BCUT2D eigenvalue weighted by atomic mass is 9.49. The number of hydrogen-bond donors (Lipinski definition) is 0. The van der Waals surface area contributed by atoms with Crippen LogP contribution in [0.3, 0.4) is 0 Å². The van der Waals surface area contributed by atoms with Gasteiger partial charge in [0.1, 0.15) is 11.5 Å². The van der Waals surface area contributed by atoms with Gasteiger partial charge in [-0.3, -0.25) is 9.63 Å². The summed E-state index contributed by atoms with van der Waals surface area (Å²) >= 11 is 0. The Hall–Kier alpha value is -1.39. The number of methoxy groups -OCH3 is 1. The average Bonchev–Trinajstić information content (AvgIpc) is 2.86. The summed E-state index contributed by atoms with van der Waals surface area (Å²) in [6, 6.07) is 8.41. The number of ether oxygens (including phenoxy) is 1. The second-order valence-corrected chi connectivity index (χ2v) is 6.59. The second kappa shape index (κ2) is 4.31. The first-order chi connectivity index (χ1) is 10.1. The highest BCUT2D eigenvalue weighted by Crippen LogP contribution is 2.66. The topological polar surface area (TPSA) is 38.8 Å². The van der Waals surface area contributed by atoms with Gasteiger partial charge in [0.2, 0.25) is 0 Å². The molecule has 1 aromatic rings. The lowest BCUT2D eigenvalue weighted by Gasteiger charge is -2.53. The summed E-state index contributed by atoms with van der Waals surface area (Å²) in [4.78, 5) is 18.9. The van der Waals surface area contributed by atoms with Crippen molar-refractivity contribution in [2.24, 2.45) is 17.3 Å². The number of nitrogens with zero attached hydrogens (tertiary/aromatic N) is 1. The van der Waals surface area contributed by atoms with Crippen LogP contribution >= 0.6 is 0 Å². The van der Waals surface area contributed by atoms with Gasteiger partial charge >= 0.3 is 5.97 Å². The van der Waals surface area contributed by atoms with Gasteiger partial charge in [-0.25, -0.2) is 0 Å². The fourth-order valence-electron chi connectivity index (χ4n) is 4.75. The van der Waals surface area contributed by atoms with E-state index in [-0.39, 0.29) is 24.0 Å². The van der Waals surface area contributed by atoms with Gasteiger partial charge in [0.05, 0.1) is 13.2 Å². The highest BCUT2D eigenvalue weighted by Gasteiger charge is 2.74. The van der Waals surface area contributed by atoms with E-state index in [1.165, 1.54) is 18.2 Å². The van der Waals surface area contributed by atoms with E-state index in [0.717, 1.165) is 13.0 Å². The summed E-state index contributed by atoms with van der Waals surface area (Å²) in [5.41, 5.74) is 2.01.